The quantitative estimate of drug-likeness (QED) is 0.224. The van der Waals surface area contributed by atoms with Crippen LogP contribution in [0, 0.1) is 17.0 Å². The van der Waals surface area contributed by atoms with Gasteiger partial charge in [-0.3, -0.25) is 14.9 Å². The molecule has 33 heavy (non-hydrogen) atoms. The van der Waals surface area contributed by atoms with E-state index in [2.05, 4.69) is 0 Å². The van der Waals surface area contributed by atoms with Crippen LogP contribution in [0.25, 0.3) is 0 Å². The Morgan fingerprint density at radius 2 is 1.76 bits per heavy atom. The smallest absolute Gasteiger partial charge is 0.338 e. The van der Waals surface area contributed by atoms with Gasteiger partial charge in [0, 0.05) is 32.9 Å². The van der Waals surface area contributed by atoms with E-state index >= 15 is 0 Å². The maximum absolute atomic E-state index is 13.6. The minimum atomic E-state index is -0.527. The minimum Gasteiger partial charge on any atom is -0.462 e. The highest BCUT2D eigenvalue weighted by atomic mass is 35.5. The van der Waals surface area contributed by atoms with Gasteiger partial charge in [0.1, 0.15) is 0 Å². The standard InChI is InChI=1S/C24H20Cl2N2O5/c1-3-33-24(30)16-8-11-19(12-9-16)27(14-17-7-10-18(25)13-21(17)26)23(29)20-5-4-6-22(15(20)2)28(31)32/h4-13H,3,14H2,1-2H3. The van der Waals surface area contributed by atoms with Crippen LogP contribution in [0.2, 0.25) is 10.0 Å². The average Bonchev–Trinajstić information content (AvgIpc) is 2.78. The summed E-state index contributed by atoms with van der Waals surface area (Å²) in [5.74, 6) is -0.927. The molecule has 0 bridgehead atoms. The van der Waals surface area contributed by atoms with E-state index in [0.29, 0.717) is 26.9 Å². The van der Waals surface area contributed by atoms with Crippen molar-refractivity contribution in [1.29, 1.82) is 0 Å². The maximum atomic E-state index is 13.6. The van der Waals surface area contributed by atoms with Crippen molar-refractivity contribution in [3.05, 3.63) is 103 Å². The van der Waals surface area contributed by atoms with E-state index in [-0.39, 0.29) is 30.0 Å². The summed E-state index contributed by atoms with van der Waals surface area (Å²) in [5.41, 5.74) is 1.73. The topological polar surface area (TPSA) is 89.8 Å². The molecule has 0 saturated heterocycles. The number of anilines is 1. The summed E-state index contributed by atoms with van der Waals surface area (Å²) < 4.78 is 5.01. The van der Waals surface area contributed by atoms with E-state index in [9.17, 15) is 19.7 Å². The molecule has 0 aliphatic carbocycles. The summed E-state index contributed by atoms with van der Waals surface area (Å²) in [4.78, 5) is 37.9. The average molecular weight is 487 g/mol. The lowest BCUT2D eigenvalue weighted by atomic mass is 10.0. The minimum absolute atomic E-state index is 0.0791. The molecule has 0 aliphatic heterocycles. The van der Waals surface area contributed by atoms with Crippen LogP contribution in [0.4, 0.5) is 11.4 Å². The van der Waals surface area contributed by atoms with Gasteiger partial charge in [-0.25, -0.2) is 4.79 Å². The Kier molecular flexibility index (Phi) is 7.68. The third-order valence-corrected chi connectivity index (χ3v) is 5.60. The molecule has 3 rings (SSSR count). The summed E-state index contributed by atoms with van der Waals surface area (Å²) >= 11 is 12.3. The van der Waals surface area contributed by atoms with Crippen LogP contribution in [0.3, 0.4) is 0 Å². The molecular weight excluding hydrogens is 467 g/mol. The van der Waals surface area contributed by atoms with Crippen LogP contribution < -0.4 is 4.90 Å². The number of nitro benzene ring substituents is 1. The Morgan fingerprint density at radius 1 is 1.06 bits per heavy atom. The zero-order valence-corrected chi connectivity index (χ0v) is 19.4. The second-order valence-electron chi connectivity index (χ2n) is 7.10. The third kappa shape index (κ3) is 5.50. The molecule has 9 heteroatoms. The fraction of sp³-hybridized carbons (Fsp3) is 0.167. The molecule has 0 aliphatic rings. The Labute approximate surface area is 200 Å². The molecule has 0 radical (unpaired) electrons. The Balaban J connectivity index is 2.06. The molecule has 0 N–H and O–H groups in total. The van der Waals surface area contributed by atoms with Crippen molar-refractivity contribution >= 4 is 46.5 Å². The predicted octanol–water partition coefficient (Wildman–Crippen LogP) is 6.23. The van der Waals surface area contributed by atoms with E-state index in [1.54, 1.807) is 49.4 Å². The molecule has 0 saturated carbocycles. The zero-order valence-electron chi connectivity index (χ0n) is 17.9. The molecule has 0 unspecified atom stereocenters. The molecule has 0 spiro atoms. The number of benzene rings is 3. The molecular formula is C24H20Cl2N2O5. The van der Waals surface area contributed by atoms with Crippen molar-refractivity contribution in [1.82, 2.24) is 0 Å². The van der Waals surface area contributed by atoms with Crippen LogP contribution in [0.1, 0.15) is 38.8 Å². The highest BCUT2D eigenvalue weighted by molar-refractivity contribution is 6.35. The highest BCUT2D eigenvalue weighted by Gasteiger charge is 2.25. The van der Waals surface area contributed by atoms with Crippen LogP contribution in [-0.2, 0) is 11.3 Å². The first-order valence-electron chi connectivity index (χ1n) is 10.00. The van der Waals surface area contributed by atoms with Gasteiger partial charge in [-0.2, -0.15) is 0 Å². The van der Waals surface area contributed by atoms with Crippen molar-refractivity contribution in [2.24, 2.45) is 0 Å². The van der Waals surface area contributed by atoms with Crippen LogP contribution >= 0.6 is 23.2 Å². The van der Waals surface area contributed by atoms with E-state index in [0.717, 1.165) is 0 Å². The summed E-state index contributed by atoms with van der Waals surface area (Å²) in [6.07, 6.45) is 0. The highest BCUT2D eigenvalue weighted by Crippen LogP contribution is 2.29. The van der Waals surface area contributed by atoms with E-state index in [1.807, 2.05) is 0 Å². The number of nitrogens with zero attached hydrogens (tertiary/aromatic N) is 2. The lowest BCUT2D eigenvalue weighted by molar-refractivity contribution is -0.385. The van der Waals surface area contributed by atoms with Gasteiger partial charge >= 0.3 is 5.97 Å². The Morgan fingerprint density at radius 3 is 2.36 bits per heavy atom. The zero-order chi connectivity index (χ0) is 24.1. The number of ether oxygens (including phenoxy) is 1. The number of rotatable bonds is 7. The summed E-state index contributed by atoms with van der Waals surface area (Å²) in [7, 11) is 0. The molecule has 3 aromatic rings. The van der Waals surface area contributed by atoms with Crippen molar-refractivity contribution in [3.8, 4) is 0 Å². The normalized spacial score (nSPS) is 10.5. The van der Waals surface area contributed by atoms with Gasteiger partial charge in [0.15, 0.2) is 0 Å². The van der Waals surface area contributed by atoms with Gasteiger partial charge < -0.3 is 9.64 Å². The van der Waals surface area contributed by atoms with E-state index in [4.69, 9.17) is 27.9 Å². The van der Waals surface area contributed by atoms with Gasteiger partial charge in [0.25, 0.3) is 11.6 Å². The second kappa shape index (κ2) is 10.5. The number of carbonyl (C=O) groups is 2. The van der Waals surface area contributed by atoms with Gasteiger partial charge in [-0.15, -0.1) is 0 Å². The van der Waals surface area contributed by atoms with Crippen LogP contribution in [-0.4, -0.2) is 23.4 Å². The number of hydrogen-bond donors (Lipinski definition) is 0. The second-order valence-corrected chi connectivity index (χ2v) is 7.94. The third-order valence-electron chi connectivity index (χ3n) is 5.01. The van der Waals surface area contributed by atoms with Crippen molar-refractivity contribution in [2.75, 3.05) is 11.5 Å². The van der Waals surface area contributed by atoms with Gasteiger partial charge in [0.2, 0.25) is 0 Å². The monoisotopic (exact) mass is 486 g/mol. The Hall–Kier alpha value is -3.42. The summed E-state index contributed by atoms with van der Waals surface area (Å²) in [6, 6.07) is 15.6. The fourth-order valence-corrected chi connectivity index (χ4v) is 3.76. The van der Waals surface area contributed by atoms with Crippen molar-refractivity contribution in [3.63, 3.8) is 0 Å². The first-order valence-corrected chi connectivity index (χ1v) is 10.8. The van der Waals surface area contributed by atoms with Gasteiger partial charge in [-0.1, -0.05) is 35.3 Å². The van der Waals surface area contributed by atoms with E-state index < -0.39 is 16.8 Å². The van der Waals surface area contributed by atoms with E-state index in [1.165, 1.54) is 30.0 Å². The largest absolute Gasteiger partial charge is 0.462 e. The maximum Gasteiger partial charge on any atom is 0.338 e. The number of nitro groups is 1. The summed E-state index contributed by atoms with van der Waals surface area (Å²) in [6.45, 7) is 3.56. The summed E-state index contributed by atoms with van der Waals surface area (Å²) in [5, 5.41) is 12.2. The molecule has 0 atom stereocenters. The van der Waals surface area contributed by atoms with Gasteiger partial charge in [-0.05, 0) is 61.9 Å². The Bertz CT molecular complexity index is 1210. The molecule has 7 nitrogen and oxygen atoms in total. The van der Waals surface area contributed by atoms with Crippen molar-refractivity contribution < 1.29 is 19.2 Å². The first kappa shape index (κ1) is 24.2. The first-order chi connectivity index (χ1) is 15.7. The molecule has 3 aromatic carbocycles. The number of hydrogen-bond acceptors (Lipinski definition) is 5. The SMILES string of the molecule is CCOC(=O)c1ccc(N(Cc2ccc(Cl)cc2Cl)C(=O)c2cccc([N+](=O)[O-])c2C)cc1. The predicted molar refractivity (Wildman–Crippen MR) is 127 cm³/mol. The molecule has 170 valence electrons. The van der Waals surface area contributed by atoms with Gasteiger partial charge in [0.05, 0.1) is 23.6 Å². The van der Waals surface area contributed by atoms with Crippen molar-refractivity contribution in [2.45, 2.75) is 20.4 Å². The molecule has 0 fully saturated rings. The number of halogens is 2. The lowest BCUT2D eigenvalue weighted by Gasteiger charge is -2.24. The number of esters is 1. The lowest BCUT2D eigenvalue weighted by Crippen LogP contribution is -2.31. The molecule has 0 heterocycles. The van der Waals surface area contributed by atoms with Crippen LogP contribution in [0.5, 0.6) is 0 Å². The number of amides is 1. The molecule has 1 amide bonds. The molecule has 0 aromatic heterocycles. The fourth-order valence-electron chi connectivity index (χ4n) is 3.29. The number of carbonyl (C=O) groups excluding carboxylic acids is 2. The van der Waals surface area contributed by atoms with Crippen LogP contribution in [0.15, 0.2) is 60.7 Å².